The normalized spacial score (nSPS) is 23.5. The Hall–Kier alpha value is -1.26. The molecule has 0 spiro atoms. The molecule has 0 aromatic heterocycles. The second kappa shape index (κ2) is 4.94. The van der Waals surface area contributed by atoms with Crippen molar-refractivity contribution in [2.45, 2.75) is 62.9 Å². The van der Waals surface area contributed by atoms with Crippen LogP contribution in [-0.2, 0) is 4.79 Å². The van der Waals surface area contributed by atoms with Crippen molar-refractivity contribution in [1.29, 1.82) is 0 Å². The van der Waals surface area contributed by atoms with Crippen molar-refractivity contribution in [3.63, 3.8) is 0 Å². The Kier molecular flexibility index (Phi) is 3.54. The Bertz CT molecular complexity index is 307. The van der Waals surface area contributed by atoms with Crippen LogP contribution < -0.4 is 10.6 Å². The van der Waals surface area contributed by atoms with Gasteiger partial charge in [0.1, 0.15) is 5.54 Å². The van der Waals surface area contributed by atoms with E-state index >= 15 is 0 Å². The van der Waals surface area contributed by atoms with E-state index < -0.39 is 11.5 Å². The summed E-state index contributed by atoms with van der Waals surface area (Å²) in [6.45, 7) is 0. The minimum absolute atomic E-state index is 0.240. The molecule has 2 amide bonds. The number of hydrogen-bond donors (Lipinski definition) is 3. The summed E-state index contributed by atoms with van der Waals surface area (Å²) in [5.41, 5.74) is -1.04. The number of hydrogen-bond acceptors (Lipinski definition) is 2. The molecule has 5 heteroatoms. The lowest BCUT2D eigenvalue weighted by Gasteiger charge is -2.35. The first-order valence-electron chi connectivity index (χ1n) is 6.44. The maximum atomic E-state index is 11.7. The lowest BCUT2D eigenvalue weighted by molar-refractivity contribution is -0.145. The smallest absolute Gasteiger partial charge is 0.329 e. The monoisotopic (exact) mass is 240 g/mol. The number of amides is 2. The number of nitrogens with one attached hydrogen (secondary N) is 2. The molecule has 2 rings (SSSR count). The fraction of sp³-hybridized carbons (Fsp3) is 0.833. The van der Waals surface area contributed by atoms with Gasteiger partial charge in [-0.3, -0.25) is 0 Å². The highest BCUT2D eigenvalue weighted by atomic mass is 16.4. The van der Waals surface area contributed by atoms with Crippen LogP contribution in [-0.4, -0.2) is 28.7 Å². The van der Waals surface area contributed by atoms with Crippen LogP contribution in [0.3, 0.4) is 0 Å². The zero-order valence-electron chi connectivity index (χ0n) is 10.00. The summed E-state index contributed by atoms with van der Waals surface area (Å²) >= 11 is 0. The highest BCUT2D eigenvalue weighted by Crippen LogP contribution is 2.28. The predicted molar refractivity (Wildman–Crippen MR) is 62.8 cm³/mol. The maximum absolute atomic E-state index is 11.7. The lowest BCUT2D eigenvalue weighted by Crippen LogP contribution is -2.59. The van der Waals surface area contributed by atoms with E-state index in [0.717, 1.165) is 38.5 Å². The largest absolute Gasteiger partial charge is 0.480 e. The topological polar surface area (TPSA) is 78.4 Å². The van der Waals surface area contributed by atoms with Gasteiger partial charge >= 0.3 is 12.0 Å². The summed E-state index contributed by atoms with van der Waals surface area (Å²) in [5, 5.41) is 14.8. The van der Waals surface area contributed by atoms with Crippen LogP contribution in [0.15, 0.2) is 0 Å². The summed E-state index contributed by atoms with van der Waals surface area (Å²) in [6, 6.07) is -0.0802. The molecule has 0 radical (unpaired) electrons. The van der Waals surface area contributed by atoms with Crippen LogP contribution >= 0.6 is 0 Å². The first-order valence-corrected chi connectivity index (χ1v) is 6.44. The number of urea groups is 1. The summed E-state index contributed by atoms with van der Waals surface area (Å²) < 4.78 is 0. The molecule has 17 heavy (non-hydrogen) atoms. The molecule has 2 fully saturated rings. The molecule has 2 saturated carbocycles. The lowest BCUT2D eigenvalue weighted by atomic mass is 9.82. The zero-order valence-corrected chi connectivity index (χ0v) is 10.00. The molecule has 2 aliphatic rings. The molecule has 0 heterocycles. The fourth-order valence-corrected chi connectivity index (χ4v) is 2.54. The van der Waals surface area contributed by atoms with Crippen molar-refractivity contribution in [2.24, 2.45) is 0 Å². The maximum Gasteiger partial charge on any atom is 0.329 e. The van der Waals surface area contributed by atoms with Crippen LogP contribution in [0.5, 0.6) is 0 Å². The molecular formula is C12H20N2O3. The van der Waals surface area contributed by atoms with Gasteiger partial charge < -0.3 is 15.7 Å². The SMILES string of the molecule is O=C(NC1CCC1)NC1(C(=O)O)CCCCC1. The number of carbonyl (C=O) groups is 2. The minimum atomic E-state index is -1.04. The average Bonchev–Trinajstić information content (AvgIpc) is 2.25. The molecule has 0 atom stereocenters. The second-order valence-corrected chi connectivity index (χ2v) is 5.17. The van der Waals surface area contributed by atoms with Gasteiger partial charge in [-0.1, -0.05) is 19.3 Å². The van der Waals surface area contributed by atoms with Gasteiger partial charge in [-0.05, 0) is 32.1 Å². The van der Waals surface area contributed by atoms with E-state index in [2.05, 4.69) is 10.6 Å². The minimum Gasteiger partial charge on any atom is -0.480 e. The third-order valence-corrected chi connectivity index (χ3v) is 3.91. The highest BCUT2D eigenvalue weighted by Gasteiger charge is 2.41. The van der Waals surface area contributed by atoms with Crippen LogP contribution in [0.1, 0.15) is 51.4 Å². The molecule has 0 aromatic rings. The van der Waals surface area contributed by atoms with E-state index in [-0.39, 0.29) is 12.1 Å². The third-order valence-electron chi connectivity index (χ3n) is 3.91. The number of carboxylic acids is 1. The number of carboxylic acid groups (broad SMARTS) is 1. The molecule has 0 unspecified atom stereocenters. The first kappa shape index (κ1) is 12.2. The third kappa shape index (κ3) is 2.70. The number of carbonyl (C=O) groups excluding carboxylic acids is 1. The number of rotatable bonds is 3. The van der Waals surface area contributed by atoms with Crippen LogP contribution in [0.25, 0.3) is 0 Å². The summed E-state index contributed by atoms with van der Waals surface area (Å²) in [4.78, 5) is 23.1. The molecule has 3 N–H and O–H groups in total. The fourth-order valence-electron chi connectivity index (χ4n) is 2.54. The van der Waals surface area contributed by atoms with Gasteiger partial charge in [0.2, 0.25) is 0 Å². The predicted octanol–water partition coefficient (Wildman–Crippen LogP) is 1.63. The molecule has 0 aromatic carbocycles. The molecule has 0 bridgehead atoms. The van der Waals surface area contributed by atoms with E-state index in [4.69, 9.17) is 0 Å². The van der Waals surface area contributed by atoms with Gasteiger partial charge in [-0.25, -0.2) is 9.59 Å². The van der Waals surface area contributed by atoms with Crippen LogP contribution in [0.2, 0.25) is 0 Å². The van der Waals surface area contributed by atoms with Crippen molar-refractivity contribution < 1.29 is 14.7 Å². The standard InChI is InChI=1S/C12H20N2O3/c15-10(16)12(7-2-1-3-8-12)14-11(17)13-9-5-4-6-9/h9H,1-8H2,(H,15,16)(H2,13,14,17). The Morgan fingerprint density at radius 2 is 1.71 bits per heavy atom. The van der Waals surface area contributed by atoms with Gasteiger partial charge in [0.15, 0.2) is 0 Å². The second-order valence-electron chi connectivity index (χ2n) is 5.17. The summed E-state index contributed by atoms with van der Waals surface area (Å²) in [7, 11) is 0. The molecule has 96 valence electrons. The Balaban J connectivity index is 1.91. The van der Waals surface area contributed by atoms with Gasteiger partial charge in [0.05, 0.1) is 0 Å². The van der Waals surface area contributed by atoms with Crippen molar-refractivity contribution in [3.8, 4) is 0 Å². The molecule has 2 aliphatic carbocycles. The molecule has 0 aliphatic heterocycles. The number of aliphatic carboxylic acids is 1. The van der Waals surface area contributed by atoms with Crippen molar-refractivity contribution >= 4 is 12.0 Å². The summed E-state index contributed by atoms with van der Waals surface area (Å²) in [6.07, 6.45) is 7.05. The molecule has 5 nitrogen and oxygen atoms in total. The quantitative estimate of drug-likeness (QED) is 0.701. The van der Waals surface area contributed by atoms with Crippen LogP contribution in [0, 0.1) is 0 Å². The van der Waals surface area contributed by atoms with E-state index in [1.807, 2.05) is 0 Å². The van der Waals surface area contributed by atoms with Crippen LogP contribution in [0.4, 0.5) is 4.79 Å². The van der Waals surface area contributed by atoms with E-state index in [9.17, 15) is 14.7 Å². The molecule has 0 saturated heterocycles. The average molecular weight is 240 g/mol. The molecular weight excluding hydrogens is 220 g/mol. The Morgan fingerprint density at radius 1 is 1.06 bits per heavy atom. The van der Waals surface area contributed by atoms with E-state index in [0.29, 0.717) is 12.8 Å². The van der Waals surface area contributed by atoms with Gasteiger partial charge in [-0.2, -0.15) is 0 Å². The summed E-state index contributed by atoms with van der Waals surface area (Å²) in [5.74, 6) is -0.902. The van der Waals surface area contributed by atoms with Crippen molar-refractivity contribution in [2.75, 3.05) is 0 Å². The van der Waals surface area contributed by atoms with Gasteiger partial charge in [-0.15, -0.1) is 0 Å². The first-order chi connectivity index (χ1) is 8.12. The Morgan fingerprint density at radius 3 is 2.18 bits per heavy atom. The van der Waals surface area contributed by atoms with Gasteiger partial charge in [0, 0.05) is 6.04 Å². The van der Waals surface area contributed by atoms with E-state index in [1.165, 1.54) is 0 Å². The van der Waals surface area contributed by atoms with Gasteiger partial charge in [0.25, 0.3) is 0 Å². The zero-order chi connectivity index (χ0) is 12.3. The highest BCUT2D eigenvalue weighted by molar-refractivity contribution is 5.86. The Labute approximate surface area is 101 Å². The van der Waals surface area contributed by atoms with Crippen molar-refractivity contribution in [1.82, 2.24) is 10.6 Å². The van der Waals surface area contributed by atoms with Crippen molar-refractivity contribution in [3.05, 3.63) is 0 Å². The van der Waals surface area contributed by atoms with E-state index in [1.54, 1.807) is 0 Å².